The second kappa shape index (κ2) is 11.8. The Bertz CT molecular complexity index is 204. The summed E-state index contributed by atoms with van der Waals surface area (Å²) in [5.74, 6) is 0.903. The molecule has 18 heavy (non-hydrogen) atoms. The molecule has 0 aromatic carbocycles. The molecule has 0 bridgehead atoms. The van der Waals surface area contributed by atoms with Crippen LogP contribution < -0.4 is 5.73 Å². The van der Waals surface area contributed by atoms with E-state index in [1.807, 2.05) is 4.90 Å². The molecule has 0 aromatic rings. The van der Waals surface area contributed by atoms with Gasteiger partial charge in [0.1, 0.15) is 0 Å². The van der Waals surface area contributed by atoms with Gasteiger partial charge in [-0.1, -0.05) is 33.6 Å². The monoisotopic (exact) mass is 274 g/mol. The molecule has 0 radical (unpaired) electrons. The number of carbonyl (C=O) groups excluding carboxylic acids is 1. The van der Waals surface area contributed by atoms with Crippen LogP contribution in [-0.2, 0) is 4.79 Å². The highest BCUT2D eigenvalue weighted by molar-refractivity contribution is 8.00. The first-order chi connectivity index (χ1) is 8.65. The van der Waals surface area contributed by atoms with E-state index in [0.717, 1.165) is 45.2 Å². The molecule has 0 aliphatic rings. The van der Waals surface area contributed by atoms with E-state index in [1.165, 1.54) is 0 Å². The molecule has 0 aromatic heterocycles. The van der Waals surface area contributed by atoms with Crippen LogP contribution in [0, 0.1) is 0 Å². The number of nitrogens with two attached hydrogens (primary N) is 1. The number of carbonyl (C=O) groups is 1. The first-order valence-corrected chi connectivity index (χ1v) is 8.29. The van der Waals surface area contributed by atoms with Gasteiger partial charge in [0.15, 0.2) is 0 Å². The van der Waals surface area contributed by atoms with Gasteiger partial charge in [-0.3, -0.25) is 4.79 Å². The lowest BCUT2D eigenvalue weighted by Crippen LogP contribution is -2.34. The smallest absolute Gasteiger partial charge is 0.232 e. The van der Waals surface area contributed by atoms with Crippen molar-refractivity contribution < 1.29 is 4.79 Å². The third-order valence-electron chi connectivity index (χ3n) is 2.98. The molecule has 0 spiro atoms. The van der Waals surface area contributed by atoms with Crippen molar-refractivity contribution in [3.05, 3.63) is 0 Å². The van der Waals surface area contributed by atoms with Crippen molar-refractivity contribution in [3.8, 4) is 0 Å². The zero-order valence-electron chi connectivity index (χ0n) is 12.3. The summed E-state index contributed by atoms with van der Waals surface area (Å²) in [6.45, 7) is 9.02. The molecule has 0 heterocycles. The van der Waals surface area contributed by atoms with E-state index in [2.05, 4.69) is 20.8 Å². The van der Waals surface area contributed by atoms with E-state index in [4.69, 9.17) is 5.73 Å². The SMILES string of the molecule is CCCCN(CCCC)C(=O)CSC(C)CCN. The maximum absolute atomic E-state index is 12.1. The van der Waals surface area contributed by atoms with Gasteiger partial charge in [0.25, 0.3) is 0 Å². The van der Waals surface area contributed by atoms with E-state index in [0.29, 0.717) is 23.5 Å². The first-order valence-electron chi connectivity index (χ1n) is 7.25. The fraction of sp³-hybridized carbons (Fsp3) is 0.929. The zero-order chi connectivity index (χ0) is 13.8. The lowest BCUT2D eigenvalue weighted by atomic mass is 10.2. The molecule has 0 aliphatic heterocycles. The molecular weight excluding hydrogens is 244 g/mol. The summed E-state index contributed by atoms with van der Waals surface area (Å²) in [6, 6.07) is 0. The van der Waals surface area contributed by atoms with Gasteiger partial charge in [-0.05, 0) is 25.8 Å². The Morgan fingerprint density at radius 3 is 2.22 bits per heavy atom. The Labute approximate surface area is 117 Å². The van der Waals surface area contributed by atoms with Gasteiger partial charge in [0, 0.05) is 18.3 Å². The molecule has 1 unspecified atom stereocenters. The van der Waals surface area contributed by atoms with Gasteiger partial charge in [-0.2, -0.15) is 0 Å². The normalized spacial score (nSPS) is 12.4. The quantitative estimate of drug-likeness (QED) is 0.630. The van der Waals surface area contributed by atoms with Gasteiger partial charge in [-0.15, -0.1) is 11.8 Å². The number of nitrogens with zero attached hydrogens (tertiary/aromatic N) is 1. The molecule has 108 valence electrons. The van der Waals surface area contributed by atoms with E-state index < -0.39 is 0 Å². The minimum absolute atomic E-state index is 0.297. The van der Waals surface area contributed by atoms with Crippen LogP contribution in [-0.4, -0.2) is 41.4 Å². The average molecular weight is 274 g/mol. The van der Waals surface area contributed by atoms with Crippen LogP contribution in [0.5, 0.6) is 0 Å². The molecular formula is C14H30N2OS. The summed E-state index contributed by atoms with van der Waals surface area (Å²) >= 11 is 1.73. The topological polar surface area (TPSA) is 46.3 Å². The third-order valence-corrected chi connectivity index (χ3v) is 4.20. The minimum atomic E-state index is 0.297. The lowest BCUT2D eigenvalue weighted by Gasteiger charge is -2.23. The number of rotatable bonds is 11. The number of hydrogen-bond acceptors (Lipinski definition) is 3. The number of thioether (sulfide) groups is 1. The molecule has 0 saturated heterocycles. The van der Waals surface area contributed by atoms with Crippen LogP contribution in [0.4, 0.5) is 0 Å². The van der Waals surface area contributed by atoms with Crippen molar-refractivity contribution in [2.75, 3.05) is 25.4 Å². The van der Waals surface area contributed by atoms with E-state index in [1.54, 1.807) is 11.8 Å². The van der Waals surface area contributed by atoms with Crippen molar-refractivity contribution >= 4 is 17.7 Å². The Hall–Kier alpha value is -0.220. The van der Waals surface area contributed by atoms with Gasteiger partial charge in [0.05, 0.1) is 5.75 Å². The molecule has 3 nitrogen and oxygen atoms in total. The maximum atomic E-state index is 12.1. The van der Waals surface area contributed by atoms with Crippen LogP contribution in [0.3, 0.4) is 0 Å². The molecule has 1 amide bonds. The highest BCUT2D eigenvalue weighted by Gasteiger charge is 2.13. The fourth-order valence-electron chi connectivity index (χ4n) is 1.68. The largest absolute Gasteiger partial charge is 0.342 e. The van der Waals surface area contributed by atoms with Gasteiger partial charge >= 0.3 is 0 Å². The van der Waals surface area contributed by atoms with Crippen LogP contribution in [0.25, 0.3) is 0 Å². The second-order valence-electron chi connectivity index (χ2n) is 4.79. The second-order valence-corrected chi connectivity index (χ2v) is 6.21. The predicted molar refractivity (Wildman–Crippen MR) is 82.0 cm³/mol. The summed E-state index contributed by atoms with van der Waals surface area (Å²) in [7, 11) is 0. The Kier molecular flexibility index (Phi) is 11.7. The predicted octanol–water partition coefficient (Wildman–Crippen LogP) is 2.89. The Morgan fingerprint density at radius 1 is 1.22 bits per heavy atom. The third kappa shape index (κ3) is 8.81. The molecule has 0 rings (SSSR count). The highest BCUT2D eigenvalue weighted by Crippen LogP contribution is 2.14. The standard InChI is InChI=1S/C14H30N2OS/c1-4-6-10-16(11-7-5-2)14(17)12-18-13(3)8-9-15/h13H,4-12,15H2,1-3H3. The minimum Gasteiger partial charge on any atom is -0.342 e. The van der Waals surface area contributed by atoms with Crippen LogP contribution in [0.2, 0.25) is 0 Å². The number of amides is 1. The van der Waals surface area contributed by atoms with Crippen molar-refractivity contribution in [1.82, 2.24) is 4.90 Å². The van der Waals surface area contributed by atoms with Crippen molar-refractivity contribution in [2.45, 2.75) is 58.1 Å². The summed E-state index contributed by atoms with van der Waals surface area (Å²) in [5.41, 5.74) is 5.52. The van der Waals surface area contributed by atoms with Crippen LogP contribution in [0.15, 0.2) is 0 Å². The highest BCUT2D eigenvalue weighted by atomic mass is 32.2. The number of unbranched alkanes of at least 4 members (excludes halogenated alkanes) is 2. The molecule has 1 atom stereocenters. The molecule has 0 fully saturated rings. The van der Waals surface area contributed by atoms with E-state index >= 15 is 0 Å². The Morgan fingerprint density at radius 2 is 1.78 bits per heavy atom. The molecule has 0 aliphatic carbocycles. The van der Waals surface area contributed by atoms with Crippen LogP contribution in [0.1, 0.15) is 52.9 Å². The van der Waals surface area contributed by atoms with E-state index in [9.17, 15) is 4.79 Å². The van der Waals surface area contributed by atoms with E-state index in [-0.39, 0.29) is 0 Å². The summed E-state index contributed by atoms with van der Waals surface area (Å²) < 4.78 is 0. The maximum Gasteiger partial charge on any atom is 0.232 e. The average Bonchev–Trinajstić information content (AvgIpc) is 2.36. The summed E-state index contributed by atoms with van der Waals surface area (Å²) in [5, 5.41) is 0.484. The summed E-state index contributed by atoms with van der Waals surface area (Å²) in [4.78, 5) is 14.2. The lowest BCUT2D eigenvalue weighted by molar-refractivity contribution is -0.128. The van der Waals surface area contributed by atoms with Crippen molar-refractivity contribution in [1.29, 1.82) is 0 Å². The van der Waals surface area contributed by atoms with Gasteiger partial charge in [0.2, 0.25) is 5.91 Å². The Balaban J connectivity index is 4.02. The number of hydrogen-bond donors (Lipinski definition) is 1. The van der Waals surface area contributed by atoms with Crippen LogP contribution >= 0.6 is 11.8 Å². The molecule has 0 saturated carbocycles. The van der Waals surface area contributed by atoms with Crippen molar-refractivity contribution in [2.24, 2.45) is 5.73 Å². The van der Waals surface area contributed by atoms with Crippen molar-refractivity contribution in [3.63, 3.8) is 0 Å². The summed E-state index contributed by atoms with van der Waals surface area (Å²) in [6.07, 6.45) is 5.50. The van der Waals surface area contributed by atoms with Gasteiger partial charge < -0.3 is 10.6 Å². The molecule has 4 heteroatoms. The molecule has 2 N–H and O–H groups in total. The van der Waals surface area contributed by atoms with Gasteiger partial charge in [-0.25, -0.2) is 0 Å². The zero-order valence-corrected chi connectivity index (χ0v) is 13.1. The fourth-order valence-corrected chi connectivity index (χ4v) is 2.59. The first kappa shape index (κ1) is 17.8.